The Bertz CT molecular complexity index is 1000. The molecule has 2 N–H and O–H groups in total. The van der Waals surface area contributed by atoms with Gasteiger partial charge in [0.25, 0.3) is 0 Å². The third-order valence-corrected chi connectivity index (χ3v) is 5.13. The highest BCUT2D eigenvalue weighted by molar-refractivity contribution is 5.63. The van der Waals surface area contributed by atoms with E-state index in [1.54, 1.807) is 18.2 Å². The molecule has 7 heteroatoms. The number of nitrogens with zero attached hydrogens (tertiary/aromatic N) is 3. The fourth-order valence-electron chi connectivity index (χ4n) is 3.78. The second-order valence-electron chi connectivity index (χ2n) is 7.12. The highest BCUT2D eigenvalue weighted by atomic mass is 19.1. The predicted octanol–water partition coefficient (Wildman–Crippen LogP) is 4.11. The van der Waals surface area contributed by atoms with Crippen LogP contribution < -0.4 is 5.73 Å². The van der Waals surface area contributed by atoms with Crippen molar-refractivity contribution in [2.24, 2.45) is 0 Å². The van der Waals surface area contributed by atoms with Crippen LogP contribution in [0.5, 0.6) is 0 Å². The van der Waals surface area contributed by atoms with Gasteiger partial charge >= 0.3 is 0 Å². The fourth-order valence-corrected chi connectivity index (χ4v) is 3.78. The van der Waals surface area contributed by atoms with Crippen molar-refractivity contribution < 1.29 is 13.2 Å². The number of rotatable bonds is 2. The third-order valence-electron chi connectivity index (χ3n) is 5.13. The Labute approximate surface area is 160 Å². The highest BCUT2D eigenvalue weighted by Gasteiger charge is 2.27. The zero-order valence-electron chi connectivity index (χ0n) is 15.3. The van der Waals surface area contributed by atoms with Gasteiger partial charge in [-0.1, -0.05) is 6.07 Å². The Balaban J connectivity index is 1.85. The van der Waals surface area contributed by atoms with Gasteiger partial charge in [-0.2, -0.15) is 0 Å². The van der Waals surface area contributed by atoms with Crippen LogP contribution >= 0.6 is 0 Å². The van der Waals surface area contributed by atoms with Gasteiger partial charge in [0.15, 0.2) is 0 Å². The molecule has 0 amide bonds. The quantitative estimate of drug-likeness (QED) is 0.723. The zero-order chi connectivity index (χ0) is 19.8. The lowest BCUT2D eigenvalue weighted by atomic mass is 9.85. The summed E-state index contributed by atoms with van der Waals surface area (Å²) in [6.07, 6.45) is 0.632. The second kappa shape index (κ2) is 7.24. The number of hydrogen-bond donors (Lipinski definition) is 1. The molecule has 2 aromatic carbocycles. The standard InChI is InChI=1S/C21H19F3N4/c1-28-7-6-15(12-8-13(22)10-14(23)9-12)16-2-3-17(21(24)18(16)11-28)19-4-5-20(25)27-26-19/h2-5,8-10,15H,6-7,11H2,1H3,(H2,25,27). The van der Waals surface area contributed by atoms with E-state index in [2.05, 4.69) is 10.2 Å². The average molecular weight is 384 g/mol. The van der Waals surface area contributed by atoms with Crippen LogP contribution in [-0.4, -0.2) is 28.7 Å². The number of benzene rings is 2. The van der Waals surface area contributed by atoms with Gasteiger partial charge in [0.2, 0.25) is 0 Å². The van der Waals surface area contributed by atoms with Crippen molar-refractivity contribution in [3.05, 3.63) is 76.6 Å². The summed E-state index contributed by atoms with van der Waals surface area (Å²) >= 11 is 0. The highest BCUT2D eigenvalue weighted by Crippen LogP contribution is 2.38. The van der Waals surface area contributed by atoms with E-state index in [9.17, 15) is 8.78 Å². The van der Waals surface area contributed by atoms with Crippen molar-refractivity contribution in [1.29, 1.82) is 0 Å². The van der Waals surface area contributed by atoms with Crippen molar-refractivity contribution in [3.8, 4) is 11.3 Å². The lowest BCUT2D eigenvalue weighted by Gasteiger charge is -2.19. The predicted molar refractivity (Wildman–Crippen MR) is 101 cm³/mol. The van der Waals surface area contributed by atoms with Gasteiger partial charge in [0.1, 0.15) is 23.3 Å². The molecule has 2 heterocycles. The van der Waals surface area contributed by atoms with E-state index in [0.29, 0.717) is 41.9 Å². The molecule has 4 rings (SSSR count). The van der Waals surface area contributed by atoms with E-state index in [0.717, 1.165) is 11.6 Å². The van der Waals surface area contributed by atoms with Crippen molar-refractivity contribution in [2.75, 3.05) is 19.3 Å². The summed E-state index contributed by atoms with van der Waals surface area (Å²) < 4.78 is 43.0. The molecule has 0 bridgehead atoms. The maximum Gasteiger partial charge on any atom is 0.146 e. The molecule has 1 unspecified atom stereocenters. The van der Waals surface area contributed by atoms with E-state index < -0.39 is 17.5 Å². The maximum absolute atomic E-state index is 15.5. The van der Waals surface area contributed by atoms with Crippen molar-refractivity contribution in [3.63, 3.8) is 0 Å². The van der Waals surface area contributed by atoms with Gasteiger partial charge < -0.3 is 10.6 Å². The minimum absolute atomic E-state index is 0.256. The Hall–Kier alpha value is -2.93. The molecule has 1 aliphatic rings. The van der Waals surface area contributed by atoms with Gasteiger partial charge in [0, 0.05) is 29.7 Å². The van der Waals surface area contributed by atoms with Gasteiger partial charge in [-0.25, -0.2) is 13.2 Å². The molecule has 3 aromatic rings. The molecule has 1 aromatic heterocycles. The molecule has 0 fully saturated rings. The fraction of sp³-hybridized carbons (Fsp3) is 0.238. The number of fused-ring (bicyclic) bond motifs is 1. The molecule has 0 saturated carbocycles. The molecule has 0 aliphatic carbocycles. The lowest BCUT2D eigenvalue weighted by molar-refractivity contribution is 0.324. The molecule has 1 atom stereocenters. The minimum Gasteiger partial charge on any atom is -0.382 e. The summed E-state index contributed by atoms with van der Waals surface area (Å²) in [4.78, 5) is 2.00. The van der Waals surface area contributed by atoms with Crippen LogP contribution in [0.2, 0.25) is 0 Å². The van der Waals surface area contributed by atoms with E-state index >= 15 is 4.39 Å². The first-order valence-electron chi connectivity index (χ1n) is 8.98. The second-order valence-corrected chi connectivity index (χ2v) is 7.12. The Morgan fingerprint density at radius 2 is 1.75 bits per heavy atom. The van der Waals surface area contributed by atoms with E-state index in [1.807, 2.05) is 18.0 Å². The van der Waals surface area contributed by atoms with Gasteiger partial charge in [-0.3, -0.25) is 0 Å². The van der Waals surface area contributed by atoms with Crippen LogP contribution in [0, 0.1) is 17.5 Å². The summed E-state index contributed by atoms with van der Waals surface area (Å²) in [6, 6.07) is 10.1. The number of nitrogen functional groups attached to an aromatic ring is 1. The number of anilines is 1. The van der Waals surface area contributed by atoms with Crippen molar-refractivity contribution in [1.82, 2.24) is 15.1 Å². The number of nitrogens with two attached hydrogens (primary N) is 1. The first kappa shape index (κ1) is 18.4. The van der Waals surface area contributed by atoms with Crippen molar-refractivity contribution in [2.45, 2.75) is 18.9 Å². The average Bonchev–Trinajstić information content (AvgIpc) is 2.81. The number of hydrogen-bond acceptors (Lipinski definition) is 4. The molecule has 1 aliphatic heterocycles. The first-order valence-corrected chi connectivity index (χ1v) is 8.98. The number of aromatic nitrogens is 2. The van der Waals surface area contributed by atoms with Gasteiger partial charge in [0.05, 0.1) is 5.69 Å². The topological polar surface area (TPSA) is 55.0 Å². The summed E-state index contributed by atoms with van der Waals surface area (Å²) in [5.74, 6) is -1.71. The van der Waals surface area contributed by atoms with E-state index in [1.165, 1.54) is 12.1 Å². The first-order chi connectivity index (χ1) is 13.4. The third kappa shape index (κ3) is 3.45. The molecule has 0 saturated heterocycles. The Morgan fingerprint density at radius 1 is 1.00 bits per heavy atom. The summed E-state index contributed by atoms with van der Waals surface area (Å²) in [5, 5.41) is 7.76. The normalized spacial score (nSPS) is 17.2. The molecule has 0 radical (unpaired) electrons. The zero-order valence-corrected chi connectivity index (χ0v) is 15.3. The van der Waals surface area contributed by atoms with Crippen LogP contribution in [0.15, 0.2) is 42.5 Å². The van der Waals surface area contributed by atoms with Crippen molar-refractivity contribution >= 4 is 5.82 Å². The van der Waals surface area contributed by atoms with Crippen LogP contribution in [0.3, 0.4) is 0 Å². The smallest absolute Gasteiger partial charge is 0.146 e. The van der Waals surface area contributed by atoms with Crippen LogP contribution in [-0.2, 0) is 6.54 Å². The lowest BCUT2D eigenvalue weighted by Crippen LogP contribution is -2.18. The maximum atomic E-state index is 15.5. The summed E-state index contributed by atoms with van der Waals surface area (Å²) in [5.41, 5.74) is 8.02. The summed E-state index contributed by atoms with van der Waals surface area (Å²) in [7, 11) is 1.90. The largest absolute Gasteiger partial charge is 0.382 e. The van der Waals surface area contributed by atoms with E-state index in [4.69, 9.17) is 5.73 Å². The Kier molecular flexibility index (Phi) is 4.77. The Morgan fingerprint density at radius 3 is 2.43 bits per heavy atom. The monoisotopic (exact) mass is 384 g/mol. The SMILES string of the molecule is CN1CCC(c2cc(F)cc(F)c2)c2ccc(-c3ccc(N)nn3)c(F)c2C1. The number of halogens is 3. The van der Waals surface area contributed by atoms with E-state index in [-0.39, 0.29) is 11.7 Å². The van der Waals surface area contributed by atoms with Gasteiger partial charge in [-0.05, 0) is 61.5 Å². The molecular weight excluding hydrogens is 365 g/mol. The van der Waals surface area contributed by atoms with Crippen LogP contribution in [0.25, 0.3) is 11.3 Å². The minimum atomic E-state index is -0.636. The van der Waals surface area contributed by atoms with Crippen LogP contribution in [0.4, 0.5) is 19.0 Å². The molecule has 0 spiro atoms. The van der Waals surface area contributed by atoms with Crippen LogP contribution in [0.1, 0.15) is 29.0 Å². The van der Waals surface area contributed by atoms with Gasteiger partial charge in [-0.15, -0.1) is 10.2 Å². The molecule has 28 heavy (non-hydrogen) atoms. The molecule has 4 nitrogen and oxygen atoms in total. The molecular formula is C21H19F3N4. The molecule has 144 valence electrons. The summed E-state index contributed by atoms with van der Waals surface area (Å²) in [6.45, 7) is 1.07.